The fourth-order valence-corrected chi connectivity index (χ4v) is 2.38. The van der Waals surface area contributed by atoms with Gasteiger partial charge in [0.25, 0.3) is 0 Å². The van der Waals surface area contributed by atoms with Gasteiger partial charge in [-0.2, -0.15) is 0 Å². The number of azo groups is 1. The minimum Gasteiger partial charge on any atom is -0.283 e. The van der Waals surface area contributed by atoms with Crippen molar-refractivity contribution in [3.8, 4) is 0 Å². The highest BCUT2D eigenvalue weighted by molar-refractivity contribution is 5.55. The molecule has 3 aromatic rings. The van der Waals surface area contributed by atoms with Crippen LogP contribution in [0.1, 0.15) is 32.0 Å². The third kappa shape index (κ3) is 3.13. The van der Waals surface area contributed by atoms with E-state index >= 15 is 0 Å². The molecular weight excluding hydrogens is 291 g/mol. The molecule has 0 radical (unpaired) electrons. The minimum absolute atomic E-state index is 0.170. The number of nitrogens with zero attached hydrogens (tertiary/aromatic N) is 4. The SMILES string of the molecule is Cc1ccn2c(N=Nc3cccc(F)c3)c(C(C)(C)C)nc2c1. The molecule has 0 amide bonds. The maximum Gasteiger partial charge on any atom is 0.183 e. The molecule has 0 unspecified atom stereocenters. The van der Waals surface area contributed by atoms with Crippen LogP contribution >= 0.6 is 0 Å². The summed E-state index contributed by atoms with van der Waals surface area (Å²) in [4.78, 5) is 4.71. The number of aromatic nitrogens is 2. The number of fused-ring (bicyclic) bond motifs is 1. The molecule has 0 N–H and O–H groups in total. The van der Waals surface area contributed by atoms with E-state index in [1.165, 1.54) is 12.1 Å². The van der Waals surface area contributed by atoms with Crippen molar-refractivity contribution in [2.45, 2.75) is 33.1 Å². The summed E-state index contributed by atoms with van der Waals surface area (Å²) in [6.07, 6.45) is 1.94. The predicted molar refractivity (Wildman–Crippen MR) is 89.2 cm³/mol. The van der Waals surface area contributed by atoms with Crippen molar-refractivity contribution in [1.82, 2.24) is 9.38 Å². The van der Waals surface area contributed by atoms with Gasteiger partial charge in [0.15, 0.2) is 5.82 Å². The van der Waals surface area contributed by atoms with E-state index in [4.69, 9.17) is 4.98 Å². The molecule has 0 saturated heterocycles. The molecule has 23 heavy (non-hydrogen) atoms. The van der Waals surface area contributed by atoms with Crippen molar-refractivity contribution >= 4 is 17.2 Å². The number of imidazole rings is 1. The van der Waals surface area contributed by atoms with Crippen molar-refractivity contribution in [1.29, 1.82) is 0 Å². The van der Waals surface area contributed by atoms with Gasteiger partial charge < -0.3 is 0 Å². The van der Waals surface area contributed by atoms with Crippen LogP contribution < -0.4 is 0 Å². The van der Waals surface area contributed by atoms with Crippen molar-refractivity contribution in [2.24, 2.45) is 10.2 Å². The number of pyridine rings is 1. The van der Waals surface area contributed by atoms with Crippen LogP contribution in [0, 0.1) is 12.7 Å². The van der Waals surface area contributed by atoms with E-state index in [0.717, 1.165) is 16.9 Å². The van der Waals surface area contributed by atoms with Gasteiger partial charge in [0.2, 0.25) is 0 Å². The van der Waals surface area contributed by atoms with Gasteiger partial charge in [-0.25, -0.2) is 9.37 Å². The number of rotatable bonds is 2. The van der Waals surface area contributed by atoms with Crippen LogP contribution in [0.3, 0.4) is 0 Å². The summed E-state index contributed by atoms with van der Waals surface area (Å²) in [5.41, 5.74) is 3.14. The number of benzene rings is 1. The fourth-order valence-electron chi connectivity index (χ4n) is 2.38. The van der Waals surface area contributed by atoms with Crippen LogP contribution in [-0.4, -0.2) is 9.38 Å². The molecule has 5 heteroatoms. The van der Waals surface area contributed by atoms with Crippen LogP contribution in [0.5, 0.6) is 0 Å². The molecule has 0 bridgehead atoms. The lowest BCUT2D eigenvalue weighted by atomic mass is 9.92. The predicted octanol–water partition coefficient (Wildman–Crippen LogP) is 5.49. The molecule has 4 nitrogen and oxygen atoms in total. The Kier molecular flexibility index (Phi) is 3.72. The average molecular weight is 310 g/mol. The average Bonchev–Trinajstić information content (AvgIpc) is 2.83. The van der Waals surface area contributed by atoms with Crippen LogP contribution in [0.25, 0.3) is 5.65 Å². The number of aryl methyl sites for hydroxylation is 1. The molecule has 0 saturated carbocycles. The van der Waals surface area contributed by atoms with Gasteiger partial charge in [0.05, 0.1) is 11.4 Å². The Morgan fingerprint density at radius 2 is 1.87 bits per heavy atom. The highest BCUT2D eigenvalue weighted by atomic mass is 19.1. The quantitative estimate of drug-likeness (QED) is 0.577. The van der Waals surface area contributed by atoms with Gasteiger partial charge in [0, 0.05) is 17.7 Å². The zero-order chi connectivity index (χ0) is 16.6. The second kappa shape index (κ2) is 5.57. The molecule has 0 atom stereocenters. The summed E-state index contributed by atoms with van der Waals surface area (Å²) in [5, 5.41) is 8.54. The first-order chi connectivity index (χ1) is 10.8. The molecule has 0 spiro atoms. The number of hydrogen-bond donors (Lipinski definition) is 0. The molecule has 1 aromatic carbocycles. The van der Waals surface area contributed by atoms with Crippen LogP contribution in [0.2, 0.25) is 0 Å². The normalized spacial score (nSPS) is 12.4. The molecule has 2 heterocycles. The molecule has 3 rings (SSSR count). The van der Waals surface area contributed by atoms with E-state index < -0.39 is 0 Å². The van der Waals surface area contributed by atoms with Gasteiger partial charge in [-0.1, -0.05) is 26.8 Å². The maximum absolute atomic E-state index is 13.3. The Morgan fingerprint density at radius 1 is 1.09 bits per heavy atom. The van der Waals surface area contributed by atoms with Crippen molar-refractivity contribution in [2.75, 3.05) is 0 Å². The monoisotopic (exact) mass is 310 g/mol. The van der Waals surface area contributed by atoms with E-state index in [0.29, 0.717) is 11.5 Å². The zero-order valence-electron chi connectivity index (χ0n) is 13.7. The standard InChI is InChI=1S/C18H19FN4/c1-12-8-9-23-15(10-12)20-16(18(2,3)4)17(23)22-21-14-7-5-6-13(19)11-14/h5-11H,1-4H3. The second-order valence-electron chi connectivity index (χ2n) is 6.65. The fraction of sp³-hybridized carbons (Fsp3) is 0.278. The first-order valence-electron chi connectivity index (χ1n) is 7.51. The molecular formula is C18H19FN4. The van der Waals surface area contributed by atoms with Crippen LogP contribution in [0.4, 0.5) is 15.9 Å². The second-order valence-corrected chi connectivity index (χ2v) is 6.65. The van der Waals surface area contributed by atoms with Gasteiger partial charge in [-0.15, -0.1) is 10.2 Å². The molecule has 0 aliphatic heterocycles. The number of halogens is 1. The lowest BCUT2D eigenvalue weighted by Gasteiger charge is -2.15. The van der Waals surface area contributed by atoms with Crippen molar-refractivity contribution < 1.29 is 4.39 Å². The Labute approximate surface area is 134 Å². The van der Waals surface area contributed by atoms with E-state index in [-0.39, 0.29) is 11.2 Å². The molecule has 118 valence electrons. The summed E-state index contributed by atoms with van der Waals surface area (Å²) in [5.74, 6) is 0.350. The smallest absolute Gasteiger partial charge is 0.183 e. The largest absolute Gasteiger partial charge is 0.283 e. The van der Waals surface area contributed by atoms with E-state index in [9.17, 15) is 4.39 Å². The Balaban J connectivity index is 2.15. The van der Waals surface area contributed by atoms with E-state index in [2.05, 4.69) is 31.0 Å². The topological polar surface area (TPSA) is 42.0 Å². The van der Waals surface area contributed by atoms with Crippen LogP contribution in [0.15, 0.2) is 52.8 Å². The summed E-state index contributed by atoms with van der Waals surface area (Å²) in [7, 11) is 0. The molecule has 0 aliphatic rings. The summed E-state index contributed by atoms with van der Waals surface area (Å²) >= 11 is 0. The summed E-state index contributed by atoms with van der Waals surface area (Å²) in [6, 6.07) is 10.1. The zero-order valence-corrected chi connectivity index (χ0v) is 13.7. The maximum atomic E-state index is 13.3. The molecule has 0 fully saturated rings. The Bertz CT molecular complexity index is 888. The molecule has 2 aromatic heterocycles. The van der Waals surface area contributed by atoms with Crippen molar-refractivity contribution in [3.05, 3.63) is 59.7 Å². The van der Waals surface area contributed by atoms with E-state index in [1.54, 1.807) is 12.1 Å². The van der Waals surface area contributed by atoms with Gasteiger partial charge >= 0.3 is 0 Å². The first kappa shape index (κ1) is 15.3. The lowest BCUT2D eigenvalue weighted by Crippen LogP contribution is -2.11. The van der Waals surface area contributed by atoms with Gasteiger partial charge in [0.1, 0.15) is 11.5 Å². The van der Waals surface area contributed by atoms with Crippen LogP contribution in [-0.2, 0) is 5.41 Å². The highest BCUT2D eigenvalue weighted by Crippen LogP contribution is 2.33. The van der Waals surface area contributed by atoms with Gasteiger partial charge in [-0.05, 0) is 36.8 Å². The highest BCUT2D eigenvalue weighted by Gasteiger charge is 2.24. The third-order valence-corrected chi connectivity index (χ3v) is 3.54. The van der Waals surface area contributed by atoms with Gasteiger partial charge in [-0.3, -0.25) is 4.40 Å². The summed E-state index contributed by atoms with van der Waals surface area (Å²) in [6.45, 7) is 8.29. The minimum atomic E-state index is -0.328. The first-order valence-corrected chi connectivity index (χ1v) is 7.51. The number of hydrogen-bond acceptors (Lipinski definition) is 3. The molecule has 0 aliphatic carbocycles. The summed E-state index contributed by atoms with van der Waals surface area (Å²) < 4.78 is 15.2. The third-order valence-electron chi connectivity index (χ3n) is 3.54. The lowest BCUT2D eigenvalue weighted by molar-refractivity contribution is 0.573. The Hall–Kier alpha value is -2.56. The van der Waals surface area contributed by atoms with Crippen molar-refractivity contribution in [3.63, 3.8) is 0 Å². The Morgan fingerprint density at radius 3 is 2.57 bits per heavy atom. The van der Waals surface area contributed by atoms with E-state index in [1.807, 2.05) is 29.7 Å².